The fourth-order valence-corrected chi connectivity index (χ4v) is 3.79. The maximum absolute atomic E-state index is 13.6. The van der Waals surface area contributed by atoms with Gasteiger partial charge in [0.15, 0.2) is 0 Å². The van der Waals surface area contributed by atoms with Crippen molar-refractivity contribution in [3.63, 3.8) is 0 Å². The van der Waals surface area contributed by atoms with Gasteiger partial charge in [-0.05, 0) is 42.9 Å². The molecule has 2 aliphatic rings. The molecule has 0 bridgehead atoms. The number of carbonyl (C=O) groups is 3. The average molecular weight is 361 g/mol. The minimum Gasteiger partial charge on any atom is -0.350 e. The molecule has 1 aliphatic carbocycles. The molecule has 1 aromatic carbocycles. The summed E-state index contributed by atoms with van der Waals surface area (Å²) in [5.74, 6) is -1.04. The number of aryl methyl sites for hydroxylation is 1. The van der Waals surface area contributed by atoms with E-state index in [0.717, 1.165) is 24.2 Å². The Morgan fingerprint density at radius 2 is 2.15 bits per heavy atom. The number of nitrogens with zero attached hydrogens (tertiary/aromatic N) is 1. The van der Waals surface area contributed by atoms with E-state index < -0.39 is 17.5 Å². The zero-order valence-electron chi connectivity index (χ0n) is 15.1. The van der Waals surface area contributed by atoms with Gasteiger partial charge >= 0.3 is 6.03 Å². The number of hydrogen-bond acceptors (Lipinski definition) is 3. The Kier molecular flexibility index (Phi) is 4.98. The highest BCUT2D eigenvalue weighted by molar-refractivity contribution is 6.09. The minimum atomic E-state index is -0.865. The normalized spacial score (nSPS) is 25.5. The molecule has 1 spiro atoms. The monoisotopic (exact) mass is 361 g/mol. The molecule has 1 saturated heterocycles. The van der Waals surface area contributed by atoms with Crippen LogP contribution in [0.4, 0.5) is 9.18 Å². The molecule has 0 radical (unpaired) electrons. The van der Waals surface area contributed by atoms with Crippen molar-refractivity contribution < 1.29 is 18.8 Å². The lowest BCUT2D eigenvalue weighted by Crippen LogP contribution is -2.54. The summed E-state index contributed by atoms with van der Waals surface area (Å²) < 4.78 is 13.6. The zero-order chi connectivity index (χ0) is 18.9. The molecule has 3 rings (SSSR count). The Bertz CT molecular complexity index is 752. The summed E-state index contributed by atoms with van der Waals surface area (Å²) in [5, 5.41) is 5.46. The van der Waals surface area contributed by atoms with E-state index in [9.17, 15) is 18.8 Å². The van der Waals surface area contributed by atoms with Gasteiger partial charge in [-0.1, -0.05) is 31.9 Å². The van der Waals surface area contributed by atoms with Crippen LogP contribution in [-0.4, -0.2) is 34.8 Å². The van der Waals surface area contributed by atoms with Crippen molar-refractivity contribution in [3.05, 3.63) is 35.1 Å². The third-order valence-corrected chi connectivity index (χ3v) is 5.53. The topological polar surface area (TPSA) is 78.5 Å². The van der Waals surface area contributed by atoms with Crippen LogP contribution in [0.1, 0.15) is 43.7 Å². The highest BCUT2D eigenvalue weighted by Gasteiger charge is 2.55. The molecule has 6 nitrogen and oxygen atoms in total. The number of imide groups is 1. The van der Waals surface area contributed by atoms with Gasteiger partial charge in [0, 0.05) is 6.54 Å². The first-order valence-electron chi connectivity index (χ1n) is 8.99. The van der Waals surface area contributed by atoms with Crippen molar-refractivity contribution in [1.29, 1.82) is 0 Å². The van der Waals surface area contributed by atoms with Crippen LogP contribution >= 0.6 is 0 Å². The van der Waals surface area contributed by atoms with E-state index in [0.29, 0.717) is 17.5 Å². The van der Waals surface area contributed by atoms with Crippen LogP contribution in [-0.2, 0) is 16.1 Å². The lowest BCUT2D eigenvalue weighted by molar-refractivity contribution is -0.137. The van der Waals surface area contributed by atoms with Gasteiger partial charge in [0.2, 0.25) is 5.91 Å². The van der Waals surface area contributed by atoms with Crippen LogP contribution in [0.3, 0.4) is 0 Å². The van der Waals surface area contributed by atoms with Gasteiger partial charge in [-0.15, -0.1) is 0 Å². The van der Waals surface area contributed by atoms with E-state index in [1.54, 1.807) is 19.1 Å². The zero-order valence-corrected chi connectivity index (χ0v) is 15.1. The molecule has 140 valence electrons. The SMILES string of the molecule is Cc1ccc(CNC(=O)CN2C(=O)N[C@@]3(CCCC[C@H]3C)C2=O)cc1F. The van der Waals surface area contributed by atoms with Crippen LogP contribution in [0.5, 0.6) is 0 Å². The molecule has 2 N–H and O–H groups in total. The second kappa shape index (κ2) is 7.05. The number of halogens is 1. The summed E-state index contributed by atoms with van der Waals surface area (Å²) in [5.41, 5.74) is 0.290. The lowest BCUT2D eigenvalue weighted by atomic mass is 9.73. The van der Waals surface area contributed by atoms with Crippen molar-refractivity contribution in [2.45, 2.75) is 51.6 Å². The number of benzene rings is 1. The molecule has 2 fully saturated rings. The fourth-order valence-electron chi connectivity index (χ4n) is 3.79. The third kappa shape index (κ3) is 3.30. The van der Waals surface area contributed by atoms with E-state index in [1.807, 2.05) is 6.92 Å². The first kappa shape index (κ1) is 18.4. The molecule has 0 aromatic heterocycles. The Morgan fingerprint density at radius 3 is 2.85 bits per heavy atom. The van der Waals surface area contributed by atoms with E-state index >= 15 is 0 Å². The maximum atomic E-state index is 13.6. The Morgan fingerprint density at radius 1 is 1.38 bits per heavy atom. The summed E-state index contributed by atoms with van der Waals surface area (Å²) in [6.45, 7) is 3.44. The smallest absolute Gasteiger partial charge is 0.325 e. The Balaban J connectivity index is 1.61. The largest absolute Gasteiger partial charge is 0.350 e. The van der Waals surface area contributed by atoms with Crippen LogP contribution in [0.15, 0.2) is 18.2 Å². The van der Waals surface area contributed by atoms with E-state index in [4.69, 9.17) is 0 Å². The molecule has 0 unspecified atom stereocenters. The number of hydrogen-bond donors (Lipinski definition) is 2. The minimum absolute atomic E-state index is 0.0521. The highest BCUT2D eigenvalue weighted by atomic mass is 19.1. The molecule has 1 heterocycles. The molecule has 7 heteroatoms. The summed E-state index contributed by atoms with van der Waals surface area (Å²) in [6, 6.07) is 4.22. The molecule has 1 aromatic rings. The van der Waals surface area contributed by atoms with Gasteiger partial charge in [0.05, 0.1) is 0 Å². The number of nitrogens with one attached hydrogen (secondary N) is 2. The van der Waals surface area contributed by atoms with Gasteiger partial charge < -0.3 is 10.6 Å². The Labute approximate surface area is 152 Å². The van der Waals surface area contributed by atoms with E-state index in [2.05, 4.69) is 10.6 Å². The van der Waals surface area contributed by atoms with Gasteiger partial charge in [0.25, 0.3) is 5.91 Å². The molecule has 26 heavy (non-hydrogen) atoms. The van der Waals surface area contributed by atoms with Crippen LogP contribution in [0.25, 0.3) is 0 Å². The molecule has 4 amide bonds. The fraction of sp³-hybridized carbons (Fsp3) is 0.526. The summed E-state index contributed by atoms with van der Waals surface area (Å²) >= 11 is 0. The number of rotatable bonds is 4. The number of urea groups is 1. The highest BCUT2D eigenvalue weighted by Crippen LogP contribution is 2.38. The first-order chi connectivity index (χ1) is 12.3. The Hall–Kier alpha value is -2.44. The maximum Gasteiger partial charge on any atom is 0.325 e. The molecule has 2 atom stereocenters. The predicted molar refractivity (Wildman–Crippen MR) is 93.6 cm³/mol. The van der Waals surface area contributed by atoms with Crippen molar-refractivity contribution in [3.8, 4) is 0 Å². The summed E-state index contributed by atoms with van der Waals surface area (Å²) in [4.78, 5) is 38.3. The average Bonchev–Trinajstić information content (AvgIpc) is 2.84. The second-order valence-electron chi connectivity index (χ2n) is 7.30. The summed E-state index contributed by atoms with van der Waals surface area (Å²) in [7, 11) is 0. The third-order valence-electron chi connectivity index (χ3n) is 5.53. The standard InChI is InChI=1S/C19H24FN3O3/c1-12-6-7-14(9-15(12)20)10-21-16(24)11-23-17(25)19(22-18(23)26)8-4-3-5-13(19)2/h6-7,9,13H,3-5,8,10-11H2,1-2H3,(H,21,24)(H,22,26)/t13-,19-/m1/s1. The number of carbonyl (C=O) groups excluding carboxylic acids is 3. The van der Waals surface area contributed by atoms with Crippen molar-refractivity contribution in [2.75, 3.05) is 6.54 Å². The van der Waals surface area contributed by atoms with Crippen molar-refractivity contribution >= 4 is 17.8 Å². The first-order valence-corrected chi connectivity index (χ1v) is 8.99. The second-order valence-corrected chi connectivity index (χ2v) is 7.30. The van der Waals surface area contributed by atoms with Gasteiger partial charge in [-0.3, -0.25) is 14.5 Å². The predicted octanol–water partition coefficient (Wildman–Crippen LogP) is 2.25. The van der Waals surface area contributed by atoms with Crippen LogP contribution in [0.2, 0.25) is 0 Å². The van der Waals surface area contributed by atoms with Crippen LogP contribution in [0, 0.1) is 18.7 Å². The number of amides is 4. The van der Waals surface area contributed by atoms with Crippen molar-refractivity contribution in [1.82, 2.24) is 15.5 Å². The quantitative estimate of drug-likeness (QED) is 0.808. The van der Waals surface area contributed by atoms with Crippen LogP contribution < -0.4 is 10.6 Å². The molecular formula is C19H24FN3O3. The van der Waals surface area contributed by atoms with Crippen molar-refractivity contribution in [2.24, 2.45) is 5.92 Å². The van der Waals surface area contributed by atoms with E-state index in [1.165, 1.54) is 6.07 Å². The van der Waals surface area contributed by atoms with Gasteiger partial charge in [-0.2, -0.15) is 0 Å². The molecule has 1 aliphatic heterocycles. The summed E-state index contributed by atoms with van der Waals surface area (Å²) in [6.07, 6.45) is 3.42. The molecular weight excluding hydrogens is 337 g/mol. The van der Waals surface area contributed by atoms with Gasteiger partial charge in [-0.25, -0.2) is 9.18 Å². The molecule has 1 saturated carbocycles. The van der Waals surface area contributed by atoms with Gasteiger partial charge in [0.1, 0.15) is 17.9 Å². The van der Waals surface area contributed by atoms with E-state index in [-0.39, 0.29) is 30.7 Å². The lowest BCUT2D eigenvalue weighted by Gasteiger charge is -2.36.